The van der Waals surface area contributed by atoms with Crippen LogP contribution < -0.4 is 0 Å². The Morgan fingerprint density at radius 3 is 0.869 bits per heavy atom. The molecule has 0 aromatic rings. The number of carbonyl (C=O) groups excluding carboxylic acids is 2. The molecule has 1 N–H and O–H groups in total. The number of quaternary nitrogens is 1. The normalized spacial score (nSPS) is 13.3. The van der Waals surface area contributed by atoms with Crippen LogP contribution in [0.2, 0.25) is 0 Å². The first-order valence-electron chi connectivity index (χ1n) is 41.7. The van der Waals surface area contributed by atoms with Gasteiger partial charge in [-0.1, -0.05) is 373 Å². The topological polar surface area (TPSA) is 108 Å². The van der Waals surface area contributed by atoms with Crippen molar-refractivity contribution in [3.63, 3.8) is 0 Å². The van der Waals surface area contributed by atoms with E-state index >= 15 is 0 Å². The van der Waals surface area contributed by atoms with Crippen molar-refractivity contribution < 1.29 is 42.9 Å². The predicted molar refractivity (Wildman–Crippen MR) is 428 cm³/mol. The van der Waals surface area contributed by atoms with Gasteiger partial charge >= 0.3 is 17.9 Å². The molecule has 0 aliphatic rings. The lowest BCUT2D eigenvalue weighted by atomic mass is 10.0. The lowest BCUT2D eigenvalue weighted by Crippen LogP contribution is -2.40. The predicted octanol–water partition coefficient (Wildman–Crippen LogP) is 27.0. The maximum absolute atomic E-state index is 13.0. The molecule has 0 spiro atoms. The van der Waals surface area contributed by atoms with Crippen LogP contribution in [-0.4, -0.2) is 87.4 Å². The number of likely N-dealkylation sites (N-methyl/N-ethyl adjacent to an activating group) is 1. The van der Waals surface area contributed by atoms with Crippen molar-refractivity contribution in [3.8, 4) is 0 Å². The minimum Gasteiger partial charge on any atom is -0.477 e. The maximum atomic E-state index is 13.0. The van der Waals surface area contributed by atoms with Crippen molar-refractivity contribution in [1.82, 2.24) is 0 Å². The van der Waals surface area contributed by atoms with Gasteiger partial charge < -0.3 is 28.5 Å². The average molecular weight is 1380 g/mol. The van der Waals surface area contributed by atoms with Crippen LogP contribution in [0.15, 0.2) is 122 Å². The van der Waals surface area contributed by atoms with Gasteiger partial charge in [-0.2, -0.15) is 0 Å². The van der Waals surface area contributed by atoms with E-state index in [9.17, 15) is 19.5 Å². The summed E-state index contributed by atoms with van der Waals surface area (Å²) in [6.45, 7) is 4.78. The highest BCUT2D eigenvalue weighted by molar-refractivity contribution is 5.71. The fraction of sp³-hybridized carbons (Fsp3) is 0.744. The molecule has 0 radical (unpaired) electrons. The van der Waals surface area contributed by atoms with Gasteiger partial charge in [0, 0.05) is 12.8 Å². The number of hydrogen-bond acceptors (Lipinski definition) is 7. The molecule has 0 aromatic heterocycles. The molecule has 0 fully saturated rings. The number of nitrogens with zero attached hydrogens (tertiary/aromatic N) is 1. The quantitative estimate of drug-likeness (QED) is 0.0211. The van der Waals surface area contributed by atoms with E-state index < -0.39 is 24.3 Å². The molecule has 9 nitrogen and oxygen atoms in total. The van der Waals surface area contributed by atoms with E-state index in [0.29, 0.717) is 23.9 Å². The van der Waals surface area contributed by atoms with E-state index in [2.05, 4.69) is 135 Å². The smallest absolute Gasteiger partial charge is 0.361 e. The van der Waals surface area contributed by atoms with Crippen LogP contribution >= 0.6 is 0 Å². The minimum atomic E-state index is -1.52. The van der Waals surface area contributed by atoms with Gasteiger partial charge in [0.15, 0.2) is 6.10 Å². The Hall–Kier alpha value is -4.31. The number of allylic oxidation sites excluding steroid dienone is 20. The lowest BCUT2D eigenvalue weighted by Gasteiger charge is -2.25. The van der Waals surface area contributed by atoms with E-state index in [4.69, 9.17) is 18.9 Å². The Bertz CT molecular complexity index is 2050. The second-order valence-corrected chi connectivity index (χ2v) is 29.1. The van der Waals surface area contributed by atoms with Crippen LogP contribution in [0.5, 0.6) is 0 Å². The zero-order valence-electron chi connectivity index (χ0n) is 65.4. The summed E-state index contributed by atoms with van der Waals surface area (Å²) in [7, 11) is 5.98. The molecule has 0 bridgehead atoms. The van der Waals surface area contributed by atoms with Crippen LogP contribution in [0.3, 0.4) is 0 Å². The molecule has 9 heteroatoms. The summed E-state index contributed by atoms with van der Waals surface area (Å²) in [5.74, 6) is -2.01. The largest absolute Gasteiger partial charge is 0.477 e. The molecule has 0 aromatic carbocycles. The number of rotatable bonds is 77. The monoisotopic (exact) mass is 1380 g/mol. The molecule has 570 valence electrons. The highest BCUT2D eigenvalue weighted by atomic mass is 16.7. The molecule has 0 saturated heterocycles. The standard InChI is InChI=1S/C90H157NO8/c1-6-8-10-12-14-16-18-20-22-24-26-28-30-32-34-36-38-40-42-43-44-45-47-48-50-52-54-56-58-60-62-64-66-68-70-72-74-76-78-80-87(92)97-84-86(85-98-90(89(94)95)96-83-82-91(3,4)5)99-88(93)81-79-77-75-73-71-69-67-65-63-61-59-57-55-53-51-49-46-41-39-37-35-33-31-29-27-25-23-21-19-17-15-13-11-9-7-2/h9,11,15,17,21,23-24,26-27,29,33,35,39,41,49,51,55,57,61,63,86,90H,6-8,10,12-14,16,18-20,22,25,28,30-32,34,36-38,40,42-48,50,52-54,56,58-60,62,64-85H2,1-5H3/p+1/b11-9-,17-15-,23-21-,26-24-,29-27-,35-33-,41-39-,51-49-,57-55-,63-61-. The molecular weight excluding hydrogens is 1220 g/mol. The molecule has 0 heterocycles. The SMILES string of the molecule is CC/C=C\C/C=C\C/C=C\C/C=C\C/C=C\C/C=C\C/C=C\C/C=C\C/C=C\CCCCCCCCCC(=O)OC(COC(=O)CCCCCCCCCCCCCCCCCCCCCCCCCCCCC/C=C\CCCCCCCCCC)COC(OCC[N+](C)(C)C)C(=O)O. The van der Waals surface area contributed by atoms with Crippen molar-refractivity contribution >= 4 is 17.9 Å². The van der Waals surface area contributed by atoms with Gasteiger partial charge in [0.2, 0.25) is 0 Å². The summed E-state index contributed by atoms with van der Waals surface area (Å²) in [5.41, 5.74) is 0. The number of carboxylic acid groups (broad SMARTS) is 1. The van der Waals surface area contributed by atoms with E-state index in [-0.39, 0.29) is 32.2 Å². The Morgan fingerprint density at radius 1 is 0.313 bits per heavy atom. The summed E-state index contributed by atoms with van der Waals surface area (Å²) in [6, 6.07) is 0. The lowest BCUT2D eigenvalue weighted by molar-refractivity contribution is -0.870. The first kappa shape index (κ1) is 94.7. The summed E-state index contributed by atoms with van der Waals surface area (Å²) in [6.07, 6.45) is 111. The first-order valence-corrected chi connectivity index (χ1v) is 41.7. The van der Waals surface area contributed by atoms with Gasteiger partial charge in [0.05, 0.1) is 34.4 Å². The molecule has 2 unspecified atom stereocenters. The Balaban J connectivity index is 4.03. The van der Waals surface area contributed by atoms with Gasteiger partial charge in [0.1, 0.15) is 13.2 Å². The zero-order valence-corrected chi connectivity index (χ0v) is 65.4. The first-order chi connectivity index (χ1) is 48.6. The van der Waals surface area contributed by atoms with Gasteiger partial charge in [-0.25, -0.2) is 4.79 Å². The molecule has 99 heavy (non-hydrogen) atoms. The van der Waals surface area contributed by atoms with Crippen molar-refractivity contribution in [2.75, 3.05) is 47.5 Å². The van der Waals surface area contributed by atoms with E-state index in [1.54, 1.807) is 0 Å². The van der Waals surface area contributed by atoms with Crippen molar-refractivity contribution in [2.24, 2.45) is 0 Å². The van der Waals surface area contributed by atoms with Gasteiger partial charge in [0.25, 0.3) is 6.29 Å². The number of aliphatic carboxylic acids is 1. The molecule has 0 amide bonds. The second-order valence-electron chi connectivity index (χ2n) is 29.1. The second kappa shape index (κ2) is 79.4. The summed E-state index contributed by atoms with van der Waals surface area (Å²) >= 11 is 0. The highest BCUT2D eigenvalue weighted by Gasteiger charge is 2.25. The number of unbranched alkanes of at least 4 members (excludes halogenated alkanes) is 42. The number of ether oxygens (including phenoxy) is 4. The summed E-state index contributed by atoms with van der Waals surface area (Å²) in [5, 5.41) is 9.78. The fourth-order valence-electron chi connectivity index (χ4n) is 11.9. The van der Waals surface area contributed by atoms with E-state index in [1.165, 1.54) is 238 Å². The highest BCUT2D eigenvalue weighted by Crippen LogP contribution is 2.19. The maximum Gasteiger partial charge on any atom is 0.361 e. The Kier molecular flexibility index (Phi) is 75.9. The molecule has 0 saturated carbocycles. The molecule has 0 aliphatic carbocycles. The third-order valence-corrected chi connectivity index (χ3v) is 18.2. The van der Waals surface area contributed by atoms with Gasteiger partial charge in [-0.15, -0.1) is 0 Å². The number of carbonyl (C=O) groups is 3. The van der Waals surface area contributed by atoms with Gasteiger partial charge in [-0.3, -0.25) is 9.59 Å². The third-order valence-electron chi connectivity index (χ3n) is 18.2. The van der Waals surface area contributed by atoms with Crippen molar-refractivity contribution in [1.29, 1.82) is 0 Å². The molecular formula is C90H158NO8+. The zero-order chi connectivity index (χ0) is 71.8. The average Bonchev–Trinajstić information content (AvgIpc) is 1.16. The molecule has 2 atom stereocenters. The summed E-state index contributed by atoms with van der Waals surface area (Å²) < 4.78 is 23.0. The minimum absolute atomic E-state index is 0.181. The molecule has 0 rings (SSSR count). The van der Waals surface area contributed by atoms with E-state index in [0.717, 1.165) is 103 Å². The van der Waals surface area contributed by atoms with Crippen LogP contribution in [0.4, 0.5) is 0 Å². The van der Waals surface area contributed by atoms with Crippen LogP contribution in [-0.2, 0) is 33.3 Å². The van der Waals surface area contributed by atoms with Crippen molar-refractivity contribution in [3.05, 3.63) is 122 Å². The number of esters is 2. The third kappa shape index (κ3) is 80.9. The van der Waals surface area contributed by atoms with E-state index in [1.807, 2.05) is 21.1 Å². The fourth-order valence-corrected chi connectivity index (χ4v) is 11.9. The van der Waals surface area contributed by atoms with Crippen molar-refractivity contribution in [2.45, 2.75) is 386 Å². The van der Waals surface area contributed by atoms with Crippen LogP contribution in [0.1, 0.15) is 373 Å². The van der Waals surface area contributed by atoms with Crippen LogP contribution in [0, 0.1) is 0 Å². The Labute approximate surface area is 612 Å². The van der Waals surface area contributed by atoms with Crippen LogP contribution in [0.25, 0.3) is 0 Å². The number of hydrogen-bond donors (Lipinski definition) is 1. The molecule has 0 aliphatic heterocycles. The van der Waals surface area contributed by atoms with Gasteiger partial charge in [-0.05, 0) is 109 Å². The summed E-state index contributed by atoms with van der Waals surface area (Å²) in [4.78, 5) is 37.8. The number of carboxylic acids is 1. The Morgan fingerprint density at radius 2 is 0.576 bits per heavy atom.